The van der Waals surface area contributed by atoms with Crippen LogP contribution in [0, 0.1) is 5.82 Å². The average molecular weight is 297 g/mol. The summed E-state index contributed by atoms with van der Waals surface area (Å²) in [7, 11) is 0. The Bertz CT molecular complexity index is 404. The number of hydrogen-bond donors (Lipinski definition) is 2. The van der Waals surface area contributed by atoms with Gasteiger partial charge < -0.3 is 10.6 Å². The first kappa shape index (κ1) is 16.8. The van der Waals surface area contributed by atoms with Crippen LogP contribution >= 0.6 is 11.8 Å². The molecule has 0 saturated carbocycles. The lowest BCUT2D eigenvalue weighted by Crippen LogP contribution is -2.41. The lowest BCUT2D eigenvalue weighted by molar-refractivity contribution is 0.626. The fourth-order valence-corrected chi connectivity index (χ4v) is 2.41. The van der Waals surface area contributed by atoms with Gasteiger partial charge in [-0.1, -0.05) is 0 Å². The second kappa shape index (κ2) is 9.64. The van der Waals surface area contributed by atoms with Crippen molar-refractivity contribution in [2.45, 2.75) is 38.1 Å². The van der Waals surface area contributed by atoms with Crippen LogP contribution in [-0.4, -0.2) is 30.8 Å². The molecule has 0 radical (unpaired) electrons. The summed E-state index contributed by atoms with van der Waals surface area (Å²) in [4.78, 5) is 5.62. The largest absolute Gasteiger partial charge is 0.357 e. The van der Waals surface area contributed by atoms with Crippen LogP contribution in [0.2, 0.25) is 0 Å². The highest BCUT2D eigenvalue weighted by Gasteiger charge is 1.99. The molecule has 3 nitrogen and oxygen atoms in total. The Hall–Kier alpha value is -1.23. The summed E-state index contributed by atoms with van der Waals surface area (Å²) in [6.45, 7) is 7.90. The minimum atomic E-state index is -0.186. The fraction of sp³-hybridized carbons (Fsp3) is 0.533. The normalized spacial score (nSPS) is 11.8. The highest BCUT2D eigenvalue weighted by atomic mass is 32.2. The summed E-state index contributed by atoms with van der Waals surface area (Å²) in [5.41, 5.74) is 0. The van der Waals surface area contributed by atoms with Crippen LogP contribution in [0.3, 0.4) is 0 Å². The molecule has 0 aliphatic carbocycles. The van der Waals surface area contributed by atoms with Crippen LogP contribution in [-0.2, 0) is 0 Å². The molecule has 20 heavy (non-hydrogen) atoms. The van der Waals surface area contributed by atoms with Gasteiger partial charge in [-0.3, -0.25) is 4.99 Å². The summed E-state index contributed by atoms with van der Waals surface area (Å²) in [5.74, 6) is 1.67. The highest BCUT2D eigenvalue weighted by molar-refractivity contribution is 7.99. The number of thioether (sulfide) groups is 1. The number of halogens is 1. The Morgan fingerprint density at radius 1 is 1.30 bits per heavy atom. The third kappa shape index (κ3) is 7.38. The van der Waals surface area contributed by atoms with E-state index in [1.165, 1.54) is 12.1 Å². The zero-order valence-corrected chi connectivity index (χ0v) is 13.3. The van der Waals surface area contributed by atoms with Crippen LogP contribution in [0.25, 0.3) is 0 Å². The van der Waals surface area contributed by atoms with Crippen LogP contribution in [0.15, 0.2) is 34.2 Å². The van der Waals surface area contributed by atoms with E-state index in [0.29, 0.717) is 6.04 Å². The molecule has 0 aromatic heterocycles. The Balaban J connectivity index is 2.26. The molecule has 1 aromatic carbocycles. The molecule has 0 heterocycles. The van der Waals surface area contributed by atoms with Gasteiger partial charge in [0.2, 0.25) is 0 Å². The first-order valence-corrected chi connectivity index (χ1v) is 8.03. The van der Waals surface area contributed by atoms with Gasteiger partial charge in [-0.15, -0.1) is 11.8 Å². The topological polar surface area (TPSA) is 36.4 Å². The SMILES string of the molecule is CCNC(=NCCCSc1ccc(F)cc1)NC(C)C. The zero-order valence-electron chi connectivity index (χ0n) is 12.4. The van der Waals surface area contributed by atoms with Crippen molar-refractivity contribution in [3.05, 3.63) is 30.1 Å². The standard InChI is InChI=1S/C15H24FN3S/c1-4-17-15(19-12(2)3)18-10-5-11-20-14-8-6-13(16)7-9-14/h6-9,12H,4-5,10-11H2,1-3H3,(H2,17,18,19). The summed E-state index contributed by atoms with van der Waals surface area (Å²) in [6, 6.07) is 7.00. The van der Waals surface area contributed by atoms with Crippen molar-refractivity contribution < 1.29 is 4.39 Å². The quantitative estimate of drug-likeness (QED) is 0.351. The number of benzene rings is 1. The molecule has 2 N–H and O–H groups in total. The van der Waals surface area contributed by atoms with Gasteiger partial charge in [0.25, 0.3) is 0 Å². The summed E-state index contributed by atoms with van der Waals surface area (Å²) >= 11 is 1.73. The predicted molar refractivity (Wildman–Crippen MR) is 86.0 cm³/mol. The van der Waals surface area contributed by atoms with Crippen LogP contribution in [0.1, 0.15) is 27.2 Å². The second-order valence-electron chi connectivity index (χ2n) is 4.72. The summed E-state index contributed by atoms with van der Waals surface area (Å²) < 4.78 is 12.8. The third-order valence-corrected chi connectivity index (χ3v) is 3.52. The number of hydrogen-bond acceptors (Lipinski definition) is 2. The maximum Gasteiger partial charge on any atom is 0.191 e. The van der Waals surface area contributed by atoms with Crippen molar-refractivity contribution >= 4 is 17.7 Å². The van der Waals surface area contributed by atoms with Crippen molar-refractivity contribution in [1.82, 2.24) is 10.6 Å². The molecule has 0 spiro atoms. The minimum absolute atomic E-state index is 0.186. The highest BCUT2D eigenvalue weighted by Crippen LogP contribution is 2.18. The van der Waals surface area contributed by atoms with Gasteiger partial charge in [0, 0.05) is 24.0 Å². The van der Waals surface area contributed by atoms with E-state index in [2.05, 4.69) is 36.4 Å². The van der Waals surface area contributed by atoms with Gasteiger partial charge in [-0.05, 0) is 57.2 Å². The van der Waals surface area contributed by atoms with E-state index in [-0.39, 0.29) is 5.82 Å². The average Bonchev–Trinajstić information content (AvgIpc) is 2.40. The van der Waals surface area contributed by atoms with Gasteiger partial charge in [0.15, 0.2) is 5.96 Å². The number of aliphatic imine (C=N–C) groups is 1. The Labute approximate surface area is 125 Å². The molecule has 1 rings (SSSR count). The van der Waals surface area contributed by atoms with Crippen molar-refractivity contribution in [2.24, 2.45) is 4.99 Å². The molecular weight excluding hydrogens is 273 g/mol. The molecule has 0 amide bonds. The molecule has 0 aliphatic rings. The molecule has 0 bridgehead atoms. The number of guanidine groups is 1. The fourth-order valence-electron chi connectivity index (χ4n) is 1.57. The number of rotatable bonds is 7. The van der Waals surface area contributed by atoms with Gasteiger partial charge in [0.05, 0.1) is 0 Å². The summed E-state index contributed by atoms with van der Waals surface area (Å²) in [6.07, 6.45) is 0.997. The second-order valence-corrected chi connectivity index (χ2v) is 5.88. The number of nitrogens with zero attached hydrogens (tertiary/aromatic N) is 1. The van der Waals surface area contributed by atoms with Gasteiger partial charge in [-0.2, -0.15) is 0 Å². The zero-order chi connectivity index (χ0) is 14.8. The molecule has 0 saturated heterocycles. The molecule has 5 heteroatoms. The molecule has 0 fully saturated rings. The van der Waals surface area contributed by atoms with Crippen molar-refractivity contribution in [3.63, 3.8) is 0 Å². The van der Waals surface area contributed by atoms with E-state index in [0.717, 1.165) is 36.1 Å². The Kier molecular flexibility index (Phi) is 8.11. The monoisotopic (exact) mass is 297 g/mol. The minimum Gasteiger partial charge on any atom is -0.357 e. The van der Waals surface area contributed by atoms with E-state index >= 15 is 0 Å². The van der Waals surface area contributed by atoms with Gasteiger partial charge in [-0.25, -0.2) is 4.39 Å². The van der Waals surface area contributed by atoms with Crippen LogP contribution in [0.4, 0.5) is 4.39 Å². The Morgan fingerprint density at radius 3 is 2.60 bits per heavy atom. The first-order chi connectivity index (χ1) is 9.61. The van der Waals surface area contributed by atoms with Crippen molar-refractivity contribution in [3.8, 4) is 0 Å². The van der Waals surface area contributed by atoms with E-state index in [4.69, 9.17) is 0 Å². The third-order valence-electron chi connectivity index (χ3n) is 2.42. The van der Waals surface area contributed by atoms with Gasteiger partial charge >= 0.3 is 0 Å². The lowest BCUT2D eigenvalue weighted by Gasteiger charge is -2.13. The van der Waals surface area contributed by atoms with E-state index in [1.54, 1.807) is 11.8 Å². The van der Waals surface area contributed by atoms with Crippen molar-refractivity contribution in [2.75, 3.05) is 18.8 Å². The lowest BCUT2D eigenvalue weighted by atomic mass is 10.4. The van der Waals surface area contributed by atoms with Crippen LogP contribution < -0.4 is 10.6 Å². The molecular formula is C15H24FN3S. The van der Waals surface area contributed by atoms with Gasteiger partial charge in [0.1, 0.15) is 5.82 Å². The molecule has 0 atom stereocenters. The van der Waals surface area contributed by atoms with Crippen LogP contribution in [0.5, 0.6) is 0 Å². The molecule has 112 valence electrons. The van der Waals surface area contributed by atoms with E-state index in [9.17, 15) is 4.39 Å². The van der Waals surface area contributed by atoms with Crippen molar-refractivity contribution in [1.29, 1.82) is 0 Å². The van der Waals surface area contributed by atoms with E-state index in [1.807, 2.05) is 12.1 Å². The first-order valence-electron chi connectivity index (χ1n) is 7.05. The molecule has 1 aromatic rings. The Morgan fingerprint density at radius 2 is 2.00 bits per heavy atom. The predicted octanol–water partition coefficient (Wildman–Crippen LogP) is 3.27. The molecule has 0 aliphatic heterocycles. The number of nitrogens with one attached hydrogen (secondary N) is 2. The summed E-state index contributed by atoms with van der Waals surface area (Å²) in [5, 5.41) is 6.51. The van der Waals surface area contributed by atoms with E-state index < -0.39 is 0 Å². The molecule has 0 unspecified atom stereocenters. The maximum absolute atomic E-state index is 12.8. The maximum atomic E-state index is 12.8. The smallest absolute Gasteiger partial charge is 0.191 e.